The summed E-state index contributed by atoms with van der Waals surface area (Å²) in [4.78, 5) is 23.0. The molecule has 102 valence electrons. The molecule has 0 bridgehead atoms. The molecule has 0 spiro atoms. The fourth-order valence-corrected chi connectivity index (χ4v) is 2.60. The number of allylic oxidation sites excluding steroid dienone is 1. The first-order valence-electron chi connectivity index (χ1n) is 6.70. The SMILES string of the molecule is CCC=C(C)C(=O)NC1(CC(=O)O)CCCCC1. The molecule has 0 radical (unpaired) electrons. The zero-order valence-electron chi connectivity index (χ0n) is 11.3. The summed E-state index contributed by atoms with van der Waals surface area (Å²) in [7, 11) is 0. The summed E-state index contributed by atoms with van der Waals surface area (Å²) in [5, 5.41) is 12.0. The Kier molecular flexibility index (Phi) is 5.38. The first-order chi connectivity index (χ1) is 8.49. The third-order valence-electron chi connectivity index (χ3n) is 3.55. The zero-order chi connectivity index (χ0) is 13.6. The number of nitrogens with one attached hydrogen (secondary N) is 1. The molecule has 1 aliphatic carbocycles. The van der Waals surface area contributed by atoms with E-state index in [4.69, 9.17) is 5.11 Å². The van der Waals surface area contributed by atoms with Gasteiger partial charge in [0.15, 0.2) is 0 Å². The maximum Gasteiger partial charge on any atom is 0.305 e. The second-order valence-corrected chi connectivity index (χ2v) is 5.16. The van der Waals surface area contributed by atoms with E-state index in [1.165, 1.54) is 0 Å². The van der Waals surface area contributed by atoms with Crippen molar-refractivity contribution in [3.05, 3.63) is 11.6 Å². The smallest absolute Gasteiger partial charge is 0.305 e. The predicted octanol–water partition coefficient (Wildman–Crippen LogP) is 2.64. The summed E-state index contributed by atoms with van der Waals surface area (Å²) in [5.41, 5.74) is 0.136. The van der Waals surface area contributed by atoms with Crippen LogP contribution in [0.5, 0.6) is 0 Å². The maximum atomic E-state index is 12.0. The lowest BCUT2D eigenvalue weighted by molar-refractivity contribution is -0.139. The average molecular weight is 253 g/mol. The van der Waals surface area contributed by atoms with Crippen LogP contribution in [0.15, 0.2) is 11.6 Å². The van der Waals surface area contributed by atoms with E-state index >= 15 is 0 Å². The number of carboxylic acids is 1. The van der Waals surface area contributed by atoms with E-state index in [-0.39, 0.29) is 12.3 Å². The predicted molar refractivity (Wildman–Crippen MR) is 70.3 cm³/mol. The van der Waals surface area contributed by atoms with E-state index in [2.05, 4.69) is 5.32 Å². The first-order valence-corrected chi connectivity index (χ1v) is 6.70. The highest BCUT2D eigenvalue weighted by molar-refractivity contribution is 5.93. The van der Waals surface area contributed by atoms with Crippen molar-refractivity contribution in [2.45, 2.75) is 64.3 Å². The van der Waals surface area contributed by atoms with Crippen LogP contribution in [0.1, 0.15) is 58.8 Å². The Hall–Kier alpha value is -1.32. The molecule has 1 fully saturated rings. The molecule has 0 saturated heterocycles. The zero-order valence-corrected chi connectivity index (χ0v) is 11.3. The third kappa shape index (κ3) is 4.17. The molecule has 0 aromatic carbocycles. The van der Waals surface area contributed by atoms with Crippen LogP contribution in [0.25, 0.3) is 0 Å². The van der Waals surface area contributed by atoms with Gasteiger partial charge in [-0.25, -0.2) is 0 Å². The van der Waals surface area contributed by atoms with Crippen LogP contribution in [0.3, 0.4) is 0 Å². The second-order valence-electron chi connectivity index (χ2n) is 5.16. The third-order valence-corrected chi connectivity index (χ3v) is 3.55. The van der Waals surface area contributed by atoms with Gasteiger partial charge < -0.3 is 10.4 Å². The van der Waals surface area contributed by atoms with Crippen LogP contribution < -0.4 is 5.32 Å². The van der Waals surface area contributed by atoms with Crippen molar-refractivity contribution in [2.75, 3.05) is 0 Å². The van der Waals surface area contributed by atoms with Crippen LogP contribution in [-0.2, 0) is 9.59 Å². The quantitative estimate of drug-likeness (QED) is 0.740. The Morgan fingerprint density at radius 1 is 1.28 bits per heavy atom. The number of amides is 1. The lowest BCUT2D eigenvalue weighted by Crippen LogP contribution is -2.51. The molecular formula is C14H23NO3. The number of aliphatic carboxylic acids is 1. The van der Waals surface area contributed by atoms with E-state index in [9.17, 15) is 9.59 Å². The molecule has 0 aliphatic heterocycles. The Bertz CT molecular complexity index is 341. The Balaban J connectivity index is 2.75. The highest BCUT2D eigenvalue weighted by Gasteiger charge is 2.35. The monoisotopic (exact) mass is 253 g/mol. The standard InChI is InChI=1S/C14H23NO3/c1-3-7-11(2)13(18)15-14(10-12(16)17)8-5-4-6-9-14/h7H,3-6,8-10H2,1-2H3,(H,15,18)(H,16,17). The topological polar surface area (TPSA) is 66.4 Å². The van der Waals surface area contributed by atoms with Crippen molar-refractivity contribution in [2.24, 2.45) is 0 Å². The Labute approximate surface area is 108 Å². The maximum absolute atomic E-state index is 12.0. The minimum Gasteiger partial charge on any atom is -0.481 e. The molecule has 4 heteroatoms. The fraction of sp³-hybridized carbons (Fsp3) is 0.714. The minimum atomic E-state index is -0.839. The van der Waals surface area contributed by atoms with Crippen LogP contribution in [0.2, 0.25) is 0 Å². The van der Waals surface area contributed by atoms with E-state index < -0.39 is 11.5 Å². The number of carboxylic acid groups (broad SMARTS) is 1. The van der Waals surface area contributed by atoms with Crippen LogP contribution in [0, 0.1) is 0 Å². The highest BCUT2D eigenvalue weighted by Crippen LogP contribution is 2.31. The second kappa shape index (κ2) is 6.57. The van der Waals surface area contributed by atoms with Gasteiger partial charge in [-0.15, -0.1) is 0 Å². The molecule has 18 heavy (non-hydrogen) atoms. The van der Waals surface area contributed by atoms with Gasteiger partial charge in [0, 0.05) is 5.57 Å². The first kappa shape index (κ1) is 14.7. The number of hydrogen-bond acceptors (Lipinski definition) is 2. The molecule has 0 atom stereocenters. The van der Waals surface area contributed by atoms with E-state index in [1.807, 2.05) is 13.0 Å². The summed E-state index contributed by atoms with van der Waals surface area (Å²) in [6.07, 6.45) is 7.35. The van der Waals surface area contributed by atoms with Gasteiger partial charge in [-0.1, -0.05) is 32.3 Å². The van der Waals surface area contributed by atoms with Crippen molar-refractivity contribution in [1.29, 1.82) is 0 Å². The van der Waals surface area contributed by atoms with E-state index in [1.54, 1.807) is 6.92 Å². The lowest BCUT2D eigenvalue weighted by Gasteiger charge is -2.37. The molecule has 1 rings (SSSR count). The Morgan fingerprint density at radius 3 is 2.39 bits per heavy atom. The van der Waals surface area contributed by atoms with Gasteiger partial charge in [-0.2, -0.15) is 0 Å². The highest BCUT2D eigenvalue weighted by atomic mass is 16.4. The molecule has 1 aliphatic rings. The molecule has 0 heterocycles. The molecule has 2 N–H and O–H groups in total. The Morgan fingerprint density at radius 2 is 1.89 bits per heavy atom. The van der Waals surface area contributed by atoms with Gasteiger partial charge in [0.1, 0.15) is 0 Å². The number of carbonyl (C=O) groups excluding carboxylic acids is 1. The summed E-state index contributed by atoms with van der Waals surface area (Å²) in [5.74, 6) is -0.964. The van der Waals surface area contributed by atoms with Gasteiger partial charge in [0.05, 0.1) is 12.0 Å². The summed E-state index contributed by atoms with van der Waals surface area (Å²) in [6.45, 7) is 3.75. The fourth-order valence-electron chi connectivity index (χ4n) is 2.60. The molecular weight excluding hydrogens is 230 g/mol. The molecule has 0 aromatic heterocycles. The molecule has 1 amide bonds. The number of rotatable bonds is 5. The summed E-state index contributed by atoms with van der Waals surface area (Å²) >= 11 is 0. The normalized spacial score (nSPS) is 19.3. The average Bonchev–Trinajstić information content (AvgIpc) is 2.29. The lowest BCUT2D eigenvalue weighted by atomic mass is 9.79. The van der Waals surface area contributed by atoms with Crippen LogP contribution >= 0.6 is 0 Å². The van der Waals surface area contributed by atoms with Gasteiger partial charge in [-0.3, -0.25) is 9.59 Å². The van der Waals surface area contributed by atoms with Gasteiger partial charge in [0.25, 0.3) is 0 Å². The minimum absolute atomic E-state index is 0.0259. The largest absolute Gasteiger partial charge is 0.481 e. The van der Waals surface area contributed by atoms with Crippen molar-refractivity contribution >= 4 is 11.9 Å². The van der Waals surface area contributed by atoms with Crippen molar-refractivity contribution in [3.8, 4) is 0 Å². The van der Waals surface area contributed by atoms with Crippen LogP contribution in [0.4, 0.5) is 0 Å². The number of hydrogen-bond donors (Lipinski definition) is 2. The van der Waals surface area contributed by atoms with E-state index in [0.29, 0.717) is 5.57 Å². The van der Waals surface area contributed by atoms with Gasteiger partial charge in [0.2, 0.25) is 5.91 Å². The molecule has 0 aromatic rings. The van der Waals surface area contributed by atoms with Gasteiger partial charge in [-0.05, 0) is 26.2 Å². The van der Waals surface area contributed by atoms with Crippen LogP contribution in [-0.4, -0.2) is 22.5 Å². The molecule has 1 saturated carbocycles. The molecule has 0 unspecified atom stereocenters. The molecule has 4 nitrogen and oxygen atoms in total. The van der Waals surface area contributed by atoms with E-state index in [0.717, 1.165) is 38.5 Å². The number of carbonyl (C=O) groups is 2. The van der Waals surface area contributed by atoms with Gasteiger partial charge >= 0.3 is 5.97 Å². The van der Waals surface area contributed by atoms with Crippen molar-refractivity contribution in [1.82, 2.24) is 5.32 Å². The summed E-state index contributed by atoms with van der Waals surface area (Å²) < 4.78 is 0. The summed E-state index contributed by atoms with van der Waals surface area (Å²) in [6, 6.07) is 0. The van der Waals surface area contributed by atoms with Crippen molar-refractivity contribution < 1.29 is 14.7 Å². The van der Waals surface area contributed by atoms with Crippen molar-refractivity contribution in [3.63, 3.8) is 0 Å².